The molecule has 1 rings (SSSR count). The molecule has 0 saturated heterocycles. The summed E-state index contributed by atoms with van der Waals surface area (Å²) in [6.45, 7) is -0.920. The van der Waals surface area contributed by atoms with Crippen molar-refractivity contribution in [3.8, 4) is 0 Å². The molecule has 84 valence electrons. The molecule has 7 heteroatoms. The summed E-state index contributed by atoms with van der Waals surface area (Å²) >= 11 is 0. The molecule has 0 aliphatic heterocycles. The maximum Gasteiger partial charge on any atom is 0.405 e. The van der Waals surface area contributed by atoms with E-state index in [4.69, 9.17) is 5.11 Å². The molecule has 6 nitrogen and oxygen atoms in total. The molecule has 0 radical (unpaired) electrons. The standard InChI is InChI=1S/C8H12FN3O3/c9-4-7(13)6(11-8(14)15)5-12-3-1-2-10-12/h1-3,6-7,11,13H,4-5H2,(H,14,15)/t6-,7-/m1/s1. The number of hydrogen-bond acceptors (Lipinski definition) is 3. The third kappa shape index (κ3) is 3.55. The number of aromatic nitrogens is 2. The maximum atomic E-state index is 12.2. The fraction of sp³-hybridized carbons (Fsp3) is 0.500. The Labute approximate surface area is 85.3 Å². The van der Waals surface area contributed by atoms with Gasteiger partial charge < -0.3 is 15.5 Å². The minimum atomic E-state index is -1.37. The molecule has 1 amide bonds. The molecule has 0 aliphatic rings. The average molecular weight is 217 g/mol. The first-order valence-corrected chi connectivity index (χ1v) is 4.34. The van der Waals surface area contributed by atoms with E-state index in [-0.39, 0.29) is 6.54 Å². The highest BCUT2D eigenvalue weighted by molar-refractivity contribution is 5.64. The van der Waals surface area contributed by atoms with Gasteiger partial charge in [0, 0.05) is 12.4 Å². The Morgan fingerprint density at radius 3 is 2.87 bits per heavy atom. The van der Waals surface area contributed by atoms with Crippen molar-refractivity contribution in [2.75, 3.05) is 6.67 Å². The molecule has 0 saturated carbocycles. The van der Waals surface area contributed by atoms with Crippen LogP contribution >= 0.6 is 0 Å². The fourth-order valence-electron chi connectivity index (χ4n) is 1.14. The zero-order valence-electron chi connectivity index (χ0n) is 7.88. The van der Waals surface area contributed by atoms with E-state index in [0.717, 1.165) is 0 Å². The fourth-order valence-corrected chi connectivity index (χ4v) is 1.14. The van der Waals surface area contributed by atoms with Gasteiger partial charge in [0.1, 0.15) is 12.8 Å². The Bertz CT molecular complexity index is 304. The summed E-state index contributed by atoms with van der Waals surface area (Å²) in [5.41, 5.74) is 0. The lowest BCUT2D eigenvalue weighted by molar-refractivity contribution is 0.0871. The normalized spacial score (nSPS) is 14.5. The van der Waals surface area contributed by atoms with Gasteiger partial charge in [-0.3, -0.25) is 4.68 Å². The van der Waals surface area contributed by atoms with E-state index in [1.54, 1.807) is 12.3 Å². The number of carboxylic acid groups (broad SMARTS) is 1. The summed E-state index contributed by atoms with van der Waals surface area (Å²) in [5.74, 6) is 0. The molecule has 3 N–H and O–H groups in total. The Morgan fingerprint density at radius 2 is 2.40 bits per heavy atom. The van der Waals surface area contributed by atoms with Crippen molar-refractivity contribution in [2.24, 2.45) is 0 Å². The lowest BCUT2D eigenvalue weighted by Gasteiger charge is -2.20. The van der Waals surface area contributed by atoms with Gasteiger partial charge in [-0.05, 0) is 6.07 Å². The van der Waals surface area contributed by atoms with E-state index >= 15 is 0 Å². The smallest absolute Gasteiger partial charge is 0.405 e. The second-order valence-electron chi connectivity index (χ2n) is 3.01. The largest absolute Gasteiger partial charge is 0.465 e. The summed E-state index contributed by atoms with van der Waals surface area (Å²) in [5, 5.41) is 23.6. The molecule has 15 heavy (non-hydrogen) atoms. The van der Waals surface area contributed by atoms with Crippen LogP contribution in [0.2, 0.25) is 0 Å². The predicted octanol–water partition coefficient (Wildman–Crippen LogP) is -0.150. The Balaban J connectivity index is 2.60. The van der Waals surface area contributed by atoms with Crippen molar-refractivity contribution in [3.05, 3.63) is 18.5 Å². The third-order valence-corrected chi connectivity index (χ3v) is 1.87. The van der Waals surface area contributed by atoms with Crippen LogP contribution in [-0.4, -0.2) is 44.9 Å². The molecule has 0 aromatic carbocycles. The number of nitrogens with zero attached hydrogens (tertiary/aromatic N) is 2. The minimum Gasteiger partial charge on any atom is -0.465 e. The van der Waals surface area contributed by atoms with Crippen molar-refractivity contribution in [1.82, 2.24) is 15.1 Å². The number of carbonyl (C=O) groups is 1. The molecular formula is C8H12FN3O3. The lowest BCUT2D eigenvalue weighted by atomic mass is 10.2. The van der Waals surface area contributed by atoms with Gasteiger partial charge in [-0.15, -0.1) is 0 Å². The van der Waals surface area contributed by atoms with Gasteiger partial charge in [0.05, 0.1) is 12.6 Å². The summed E-state index contributed by atoms with van der Waals surface area (Å²) in [6, 6.07) is 0.743. The van der Waals surface area contributed by atoms with Crippen LogP contribution in [0, 0.1) is 0 Å². The number of alkyl halides is 1. The van der Waals surface area contributed by atoms with Gasteiger partial charge in [0.15, 0.2) is 0 Å². The van der Waals surface area contributed by atoms with Crippen LogP contribution in [-0.2, 0) is 6.54 Å². The summed E-state index contributed by atoms with van der Waals surface area (Å²) < 4.78 is 13.6. The zero-order chi connectivity index (χ0) is 11.3. The van der Waals surface area contributed by atoms with Crippen molar-refractivity contribution in [3.63, 3.8) is 0 Å². The number of rotatable bonds is 5. The highest BCUT2D eigenvalue weighted by atomic mass is 19.1. The Kier molecular flexibility index (Phi) is 4.04. The molecule has 0 fully saturated rings. The quantitative estimate of drug-likeness (QED) is 0.640. The monoisotopic (exact) mass is 217 g/mol. The lowest BCUT2D eigenvalue weighted by Crippen LogP contribution is -2.46. The van der Waals surface area contributed by atoms with Crippen molar-refractivity contribution < 1.29 is 19.4 Å². The number of nitrogens with one attached hydrogen (secondary N) is 1. The Hall–Kier alpha value is -1.63. The van der Waals surface area contributed by atoms with Crippen molar-refractivity contribution in [1.29, 1.82) is 0 Å². The van der Waals surface area contributed by atoms with E-state index in [1.807, 2.05) is 5.32 Å². The molecule has 1 aromatic rings. The van der Waals surface area contributed by atoms with Crippen LogP contribution < -0.4 is 5.32 Å². The van der Waals surface area contributed by atoms with Crippen LogP contribution in [0.4, 0.5) is 9.18 Å². The molecular weight excluding hydrogens is 205 g/mol. The van der Waals surface area contributed by atoms with Gasteiger partial charge in [-0.2, -0.15) is 5.10 Å². The maximum absolute atomic E-state index is 12.2. The van der Waals surface area contributed by atoms with Gasteiger partial charge >= 0.3 is 6.09 Å². The number of aliphatic hydroxyl groups excluding tert-OH is 1. The van der Waals surface area contributed by atoms with Crippen LogP contribution in [0.5, 0.6) is 0 Å². The summed E-state index contributed by atoms with van der Waals surface area (Å²) in [6.07, 6.45) is 0.436. The Morgan fingerprint density at radius 1 is 1.67 bits per heavy atom. The number of amides is 1. The SMILES string of the molecule is O=C(O)N[C@H](Cn1cccn1)[C@H](O)CF. The predicted molar refractivity (Wildman–Crippen MR) is 49.2 cm³/mol. The molecule has 0 aliphatic carbocycles. The van der Waals surface area contributed by atoms with Gasteiger partial charge in [-0.1, -0.05) is 0 Å². The number of hydrogen-bond donors (Lipinski definition) is 3. The minimum absolute atomic E-state index is 0.0877. The topological polar surface area (TPSA) is 87.4 Å². The molecule has 0 spiro atoms. The highest BCUT2D eigenvalue weighted by Gasteiger charge is 2.21. The first kappa shape index (κ1) is 11.4. The second kappa shape index (κ2) is 5.30. The zero-order valence-corrected chi connectivity index (χ0v) is 7.88. The number of halogens is 1. The van der Waals surface area contributed by atoms with Gasteiger partial charge in [0.2, 0.25) is 0 Å². The van der Waals surface area contributed by atoms with Crippen LogP contribution in [0.1, 0.15) is 0 Å². The van der Waals surface area contributed by atoms with E-state index < -0.39 is 24.9 Å². The first-order valence-electron chi connectivity index (χ1n) is 4.34. The third-order valence-electron chi connectivity index (χ3n) is 1.87. The van der Waals surface area contributed by atoms with Crippen molar-refractivity contribution in [2.45, 2.75) is 18.7 Å². The molecule has 0 bridgehead atoms. The molecule has 0 unspecified atom stereocenters. The summed E-state index contributed by atoms with van der Waals surface area (Å²) in [4.78, 5) is 10.4. The van der Waals surface area contributed by atoms with Crippen LogP contribution in [0.25, 0.3) is 0 Å². The van der Waals surface area contributed by atoms with Crippen LogP contribution in [0.3, 0.4) is 0 Å². The summed E-state index contributed by atoms with van der Waals surface area (Å²) in [7, 11) is 0. The molecule has 1 heterocycles. The van der Waals surface area contributed by atoms with E-state index in [0.29, 0.717) is 0 Å². The average Bonchev–Trinajstić information content (AvgIpc) is 2.67. The first-order chi connectivity index (χ1) is 7.13. The van der Waals surface area contributed by atoms with E-state index in [9.17, 15) is 14.3 Å². The van der Waals surface area contributed by atoms with E-state index in [2.05, 4.69) is 5.10 Å². The molecule has 1 aromatic heterocycles. The van der Waals surface area contributed by atoms with Crippen molar-refractivity contribution >= 4 is 6.09 Å². The highest BCUT2D eigenvalue weighted by Crippen LogP contribution is 1.99. The number of aliphatic hydroxyl groups is 1. The van der Waals surface area contributed by atoms with Gasteiger partial charge in [-0.25, -0.2) is 9.18 Å². The van der Waals surface area contributed by atoms with E-state index in [1.165, 1.54) is 10.9 Å². The van der Waals surface area contributed by atoms with Gasteiger partial charge in [0.25, 0.3) is 0 Å². The second-order valence-corrected chi connectivity index (χ2v) is 3.01. The molecule has 2 atom stereocenters. The van der Waals surface area contributed by atoms with Crippen LogP contribution in [0.15, 0.2) is 18.5 Å².